The van der Waals surface area contributed by atoms with E-state index in [2.05, 4.69) is 26.2 Å². The first-order valence-corrected chi connectivity index (χ1v) is 7.89. The molecule has 0 amide bonds. The normalized spacial score (nSPS) is 10.7. The van der Waals surface area contributed by atoms with Gasteiger partial charge in [0.05, 0.1) is 6.54 Å². The molecule has 0 aliphatic heterocycles. The summed E-state index contributed by atoms with van der Waals surface area (Å²) in [6.07, 6.45) is 0. The van der Waals surface area contributed by atoms with Gasteiger partial charge >= 0.3 is 5.97 Å². The van der Waals surface area contributed by atoms with Crippen molar-refractivity contribution < 1.29 is 9.90 Å². The molecule has 2 aromatic carbocycles. The third-order valence-corrected chi connectivity index (χ3v) is 4.08. The first-order valence-electron chi connectivity index (χ1n) is 6.72. The number of hydrogen-bond acceptors (Lipinski definition) is 3. The van der Waals surface area contributed by atoms with Gasteiger partial charge in [0.1, 0.15) is 5.69 Å². The van der Waals surface area contributed by atoms with Crippen molar-refractivity contribution in [1.82, 2.24) is 15.0 Å². The number of aromatic nitrogens is 3. The van der Waals surface area contributed by atoms with Crippen molar-refractivity contribution >= 4 is 33.5 Å². The summed E-state index contributed by atoms with van der Waals surface area (Å²) in [5.41, 5.74) is 2.07. The molecule has 0 saturated heterocycles. The molecular weight excluding hydrogens is 382 g/mol. The van der Waals surface area contributed by atoms with Gasteiger partial charge in [-0.3, -0.25) is 0 Å². The molecule has 0 spiro atoms. The van der Waals surface area contributed by atoms with E-state index < -0.39 is 5.97 Å². The Morgan fingerprint density at radius 2 is 1.78 bits per heavy atom. The molecular formula is C16H11BrClN3O2. The molecule has 0 unspecified atom stereocenters. The summed E-state index contributed by atoms with van der Waals surface area (Å²) in [7, 11) is 0. The summed E-state index contributed by atoms with van der Waals surface area (Å²) in [6.45, 7) is 0.422. The average molecular weight is 393 g/mol. The number of halogens is 2. The van der Waals surface area contributed by atoms with Crippen LogP contribution in [0.4, 0.5) is 0 Å². The first kappa shape index (κ1) is 15.7. The van der Waals surface area contributed by atoms with E-state index in [1.807, 2.05) is 24.3 Å². The third-order valence-electron chi connectivity index (χ3n) is 3.30. The Labute approximate surface area is 145 Å². The zero-order valence-electron chi connectivity index (χ0n) is 11.8. The van der Waals surface area contributed by atoms with E-state index in [4.69, 9.17) is 11.6 Å². The van der Waals surface area contributed by atoms with Gasteiger partial charge < -0.3 is 5.11 Å². The minimum absolute atomic E-state index is 0.0792. The Bertz CT molecular complexity index is 845. The van der Waals surface area contributed by atoms with Gasteiger partial charge in [0.15, 0.2) is 5.69 Å². The van der Waals surface area contributed by atoms with Gasteiger partial charge in [0, 0.05) is 15.1 Å². The van der Waals surface area contributed by atoms with Crippen LogP contribution in [0, 0.1) is 0 Å². The van der Waals surface area contributed by atoms with Crippen molar-refractivity contribution in [2.75, 3.05) is 0 Å². The summed E-state index contributed by atoms with van der Waals surface area (Å²) in [5, 5.41) is 17.7. The van der Waals surface area contributed by atoms with Gasteiger partial charge in [-0.1, -0.05) is 57.0 Å². The number of rotatable bonds is 4. The topological polar surface area (TPSA) is 68.0 Å². The molecule has 5 nitrogen and oxygen atoms in total. The monoisotopic (exact) mass is 391 g/mol. The van der Waals surface area contributed by atoms with Crippen molar-refractivity contribution in [2.45, 2.75) is 6.54 Å². The smallest absolute Gasteiger partial charge is 0.358 e. The molecule has 0 fully saturated rings. The lowest BCUT2D eigenvalue weighted by atomic mass is 10.1. The highest BCUT2D eigenvalue weighted by molar-refractivity contribution is 9.10. The minimum atomic E-state index is -1.11. The zero-order chi connectivity index (χ0) is 16.4. The number of nitrogens with zero attached hydrogens (tertiary/aromatic N) is 3. The Morgan fingerprint density at radius 3 is 2.39 bits per heavy atom. The molecule has 7 heteroatoms. The van der Waals surface area contributed by atoms with Crippen LogP contribution in [-0.2, 0) is 6.54 Å². The van der Waals surface area contributed by atoms with Gasteiger partial charge in [-0.15, -0.1) is 5.10 Å². The number of carbonyl (C=O) groups is 1. The third kappa shape index (κ3) is 3.43. The minimum Gasteiger partial charge on any atom is -0.476 e. The lowest BCUT2D eigenvalue weighted by Gasteiger charge is -2.08. The molecule has 1 aromatic heterocycles. The number of carboxylic acids is 1. The van der Waals surface area contributed by atoms with Gasteiger partial charge in [0.2, 0.25) is 0 Å². The van der Waals surface area contributed by atoms with E-state index in [0.717, 1.165) is 10.0 Å². The van der Waals surface area contributed by atoms with E-state index in [9.17, 15) is 9.90 Å². The van der Waals surface area contributed by atoms with Crippen LogP contribution in [0.2, 0.25) is 5.02 Å². The predicted octanol–water partition coefficient (Wildman–Crippen LogP) is 4.11. The summed E-state index contributed by atoms with van der Waals surface area (Å²) < 4.78 is 2.56. The maximum Gasteiger partial charge on any atom is 0.358 e. The molecule has 1 heterocycles. The molecule has 0 aliphatic rings. The quantitative estimate of drug-likeness (QED) is 0.725. The van der Waals surface area contributed by atoms with Crippen LogP contribution >= 0.6 is 27.5 Å². The van der Waals surface area contributed by atoms with E-state index in [-0.39, 0.29) is 5.69 Å². The summed E-state index contributed by atoms with van der Waals surface area (Å²) in [5.74, 6) is -1.11. The highest BCUT2D eigenvalue weighted by Gasteiger charge is 2.20. The molecule has 0 saturated carbocycles. The fourth-order valence-electron chi connectivity index (χ4n) is 2.22. The van der Waals surface area contributed by atoms with Crippen LogP contribution in [0.5, 0.6) is 0 Å². The Hall–Kier alpha value is -2.18. The van der Waals surface area contributed by atoms with Crippen LogP contribution in [0.25, 0.3) is 11.3 Å². The number of aromatic carboxylic acids is 1. The van der Waals surface area contributed by atoms with Crippen LogP contribution in [0.1, 0.15) is 16.1 Å². The van der Waals surface area contributed by atoms with Crippen LogP contribution in [-0.4, -0.2) is 26.1 Å². The number of benzene rings is 2. The molecule has 1 N–H and O–H groups in total. The summed E-state index contributed by atoms with van der Waals surface area (Å²) in [6, 6.07) is 14.7. The number of hydrogen-bond donors (Lipinski definition) is 1. The lowest BCUT2D eigenvalue weighted by molar-refractivity contribution is 0.0691. The van der Waals surface area contributed by atoms with Crippen molar-refractivity contribution in [3.05, 3.63) is 69.3 Å². The average Bonchev–Trinajstić information content (AvgIpc) is 2.94. The molecule has 0 atom stereocenters. The van der Waals surface area contributed by atoms with Crippen molar-refractivity contribution in [3.63, 3.8) is 0 Å². The highest BCUT2D eigenvalue weighted by atomic mass is 79.9. The molecule has 0 aliphatic carbocycles. The molecule has 0 bridgehead atoms. The van der Waals surface area contributed by atoms with Gasteiger partial charge in [-0.25, -0.2) is 9.48 Å². The van der Waals surface area contributed by atoms with Crippen LogP contribution in [0.3, 0.4) is 0 Å². The Morgan fingerprint density at radius 1 is 1.13 bits per heavy atom. The largest absolute Gasteiger partial charge is 0.476 e. The molecule has 3 rings (SSSR count). The van der Waals surface area contributed by atoms with E-state index in [1.54, 1.807) is 28.9 Å². The van der Waals surface area contributed by atoms with Gasteiger partial charge in [0.25, 0.3) is 0 Å². The zero-order valence-corrected chi connectivity index (χ0v) is 14.1. The van der Waals surface area contributed by atoms with Gasteiger partial charge in [-0.05, 0) is 29.8 Å². The second-order valence-corrected chi connectivity index (χ2v) is 6.23. The first-order chi connectivity index (χ1) is 11.0. The Balaban J connectivity index is 2.05. The van der Waals surface area contributed by atoms with E-state index in [1.165, 1.54) is 0 Å². The Kier molecular flexibility index (Phi) is 4.45. The molecule has 0 radical (unpaired) electrons. The molecule has 3 aromatic rings. The van der Waals surface area contributed by atoms with E-state index >= 15 is 0 Å². The van der Waals surface area contributed by atoms with Crippen LogP contribution in [0.15, 0.2) is 53.0 Å². The maximum absolute atomic E-state index is 11.4. The summed E-state index contributed by atoms with van der Waals surface area (Å²) in [4.78, 5) is 11.4. The lowest BCUT2D eigenvalue weighted by Crippen LogP contribution is -2.06. The van der Waals surface area contributed by atoms with Gasteiger partial charge in [-0.2, -0.15) is 0 Å². The fraction of sp³-hybridized carbons (Fsp3) is 0.0625. The van der Waals surface area contributed by atoms with Crippen molar-refractivity contribution in [2.24, 2.45) is 0 Å². The predicted molar refractivity (Wildman–Crippen MR) is 90.7 cm³/mol. The number of carboxylic acid groups (broad SMARTS) is 1. The molecule has 116 valence electrons. The highest BCUT2D eigenvalue weighted by Crippen LogP contribution is 2.25. The van der Waals surface area contributed by atoms with E-state index in [0.29, 0.717) is 22.8 Å². The molecule has 23 heavy (non-hydrogen) atoms. The van der Waals surface area contributed by atoms with Crippen LogP contribution < -0.4 is 0 Å². The summed E-state index contributed by atoms with van der Waals surface area (Å²) >= 11 is 9.29. The van der Waals surface area contributed by atoms with Crippen molar-refractivity contribution in [1.29, 1.82) is 0 Å². The van der Waals surface area contributed by atoms with Crippen molar-refractivity contribution in [3.8, 4) is 11.3 Å². The maximum atomic E-state index is 11.4. The standard InChI is InChI=1S/C16H11BrClN3O2/c17-12-5-1-10(2-6-12)9-21-15(14(16(22)23)19-20-21)11-3-7-13(18)8-4-11/h1-8H,9H2,(H,22,23). The second-order valence-electron chi connectivity index (χ2n) is 4.88. The SMILES string of the molecule is O=C(O)c1nnn(Cc2ccc(Br)cc2)c1-c1ccc(Cl)cc1. The second kappa shape index (κ2) is 6.52. The fourth-order valence-corrected chi connectivity index (χ4v) is 2.61.